The van der Waals surface area contributed by atoms with Gasteiger partial charge < -0.3 is 10.8 Å². The van der Waals surface area contributed by atoms with Crippen molar-refractivity contribution in [2.45, 2.75) is 18.8 Å². The number of carboxylic acids is 1. The van der Waals surface area contributed by atoms with Gasteiger partial charge >= 0.3 is 5.97 Å². The number of benzene rings is 1. The number of aryl methyl sites for hydroxylation is 1. The molecule has 0 saturated carbocycles. The standard InChI is InChI=1S/C15H16N2O2/c16-14-8-9-17-10-12(14)6-7-13(15(18)19)11-4-2-1-3-5-11/h1-5,8-10,13H,6-7H2,(H2,16,17)(H,18,19). The van der Waals surface area contributed by atoms with Gasteiger partial charge in [0, 0.05) is 18.1 Å². The van der Waals surface area contributed by atoms with Crippen molar-refractivity contribution in [3.8, 4) is 0 Å². The first kappa shape index (κ1) is 13.1. The number of anilines is 1. The van der Waals surface area contributed by atoms with E-state index >= 15 is 0 Å². The van der Waals surface area contributed by atoms with Gasteiger partial charge in [0.2, 0.25) is 0 Å². The molecule has 0 aliphatic rings. The van der Waals surface area contributed by atoms with Crippen LogP contribution in [0.3, 0.4) is 0 Å². The molecule has 3 N–H and O–H groups in total. The third kappa shape index (κ3) is 3.31. The molecule has 0 aliphatic heterocycles. The molecule has 1 aromatic carbocycles. The van der Waals surface area contributed by atoms with Crippen molar-refractivity contribution >= 4 is 11.7 Å². The zero-order valence-electron chi connectivity index (χ0n) is 10.5. The molecular weight excluding hydrogens is 240 g/mol. The lowest BCUT2D eigenvalue weighted by molar-refractivity contribution is -0.138. The summed E-state index contributed by atoms with van der Waals surface area (Å²) in [6, 6.07) is 11.0. The van der Waals surface area contributed by atoms with Crippen LogP contribution in [0.4, 0.5) is 5.69 Å². The van der Waals surface area contributed by atoms with Crippen LogP contribution >= 0.6 is 0 Å². The van der Waals surface area contributed by atoms with Gasteiger partial charge in [-0.15, -0.1) is 0 Å². The second-order valence-corrected chi connectivity index (χ2v) is 4.41. The normalized spacial score (nSPS) is 12.0. The van der Waals surface area contributed by atoms with Gasteiger partial charge in [-0.3, -0.25) is 9.78 Å². The van der Waals surface area contributed by atoms with Crippen LogP contribution in [0.25, 0.3) is 0 Å². The molecule has 2 aromatic rings. The average Bonchev–Trinajstić information content (AvgIpc) is 2.42. The SMILES string of the molecule is Nc1ccncc1CCC(C(=O)O)c1ccccc1. The van der Waals surface area contributed by atoms with E-state index in [9.17, 15) is 9.90 Å². The molecule has 0 spiro atoms. The molecular formula is C15H16N2O2. The summed E-state index contributed by atoms with van der Waals surface area (Å²) in [4.78, 5) is 15.4. The van der Waals surface area contributed by atoms with Gasteiger partial charge in [-0.25, -0.2) is 0 Å². The van der Waals surface area contributed by atoms with Gasteiger partial charge in [-0.2, -0.15) is 0 Å². The number of carbonyl (C=O) groups is 1. The van der Waals surface area contributed by atoms with E-state index in [1.54, 1.807) is 18.5 Å². The highest BCUT2D eigenvalue weighted by Gasteiger charge is 2.19. The predicted octanol–water partition coefficient (Wildman–Crippen LogP) is 2.46. The molecule has 0 amide bonds. The Hall–Kier alpha value is -2.36. The number of nitrogens with zero attached hydrogens (tertiary/aromatic N) is 1. The topological polar surface area (TPSA) is 76.2 Å². The van der Waals surface area contributed by atoms with Crippen molar-refractivity contribution in [2.75, 3.05) is 5.73 Å². The molecule has 0 radical (unpaired) electrons. The number of aromatic nitrogens is 1. The Kier molecular flexibility index (Phi) is 4.13. The number of hydrogen-bond donors (Lipinski definition) is 2. The Labute approximate surface area is 111 Å². The number of carboxylic acid groups (broad SMARTS) is 1. The van der Waals surface area contributed by atoms with Crippen LogP contribution < -0.4 is 5.73 Å². The van der Waals surface area contributed by atoms with Crippen molar-refractivity contribution in [3.05, 3.63) is 59.9 Å². The number of hydrogen-bond acceptors (Lipinski definition) is 3. The quantitative estimate of drug-likeness (QED) is 0.861. The summed E-state index contributed by atoms with van der Waals surface area (Å²) in [6.45, 7) is 0. The van der Waals surface area contributed by atoms with E-state index in [1.807, 2.05) is 30.3 Å². The van der Waals surface area contributed by atoms with E-state index in [0.29, 0.717) is 18.5 Å². The molecule has 19 heavy (non-hydrogen) atoms. The van der Waals surface area contributed by atoms with Crippen LogP contribution in [0, 0.1) is 0 Å². The smallest absolute Gasteiger partial charge is 0.310 e. The number of pyridine rings is 1. The number of nitrogen functional groups attached to an aromatic ring is 1. The van der Waals surface area contributed by atoms with E-state index in [-0.39, 0.29) is 0 Å². The highest BCUT2D eigenvalue weighted by atomic mass is 16.4. The van der Waals surface area contributed by atoms with Crippen molar-refractivity contribution in [2.24, 2.45) is 0 Å². The second-order valence-electron chi connectivity index (χ2n) is 4.41. The minimum absolute atomic E-state index is 0.509. The minimum atomic E-state index is -0.811. The summed E-state index contributed by atoms with van der Waals surface area (Å²) < 4.78 is 0. The fourth-order valence-corrected chi connectivity index (χ4v) is 2.06. The molecule has 4 heteroatoms. The van der Waals surface area contributed by atoms with Crippen LogP contribution in [-0.2, 0) is 11.2 Å². The lowest BCUT2D eigenvalue weighted by Crippen LogP contribution is -2.13. The average molecular weight is 256 g/mol. The zero-order valence-corrected chi connectivity index (χ0v) is 10.5. The Morgan fingerprint density at radius 3 is 2.63 bits per heavy atom. The number of nitrogens with two attached hydrogens (primary N) is 1. The first-order valence-corrected chi connectivity index (χ1v) is 6.14. The second kappa shape index (κ2) is 6.00. The van der Waals surface area contributed by atoms with Crippen molar-refractivity contribution in [1.29, 1.82) is 0 Å². The Balaban J connectivity index is 2.11. The van der Waals surface area contributed by atoms with E-state index in [2.05, 4.69) is 4.98 Å². The van der Waals surface area contributed by atoms with E-state index < -0.39 is 11.9 Å². The number of aliphatic carboxylic acids is 1. The lowest BCUT2D eigenvalue weighted by Gasteiger charge is -2.13. The van der Waals surface area contributed by atoms with Crippen LogP contribution in [0.2, 0.25) is 0 Å². The van der Waals surface area contributed by atoms with Gasteiger partial charge in [0.15, 0.2) is 0 Å². The maximum Gasteiger partial charge on any atom is 0.310 e. The first-order valence-electron chi connectivity index (χ1n) is 6.14. The summed E-state index contributed by atoms with van der Waals surface area (Å²) in [6.07, 6.45) is 4.44. The van der Waals surface area contributed by atoms with Crippen LogP contribution in [0.15, 0.2) is 48.8 Å². The van der Waals surface area contributed by atoms with Crippen LogP contribution in [0.1, 0.15) is 23.5 Å². The Morgan fingerprint density at radius 2 is 2.00 bits per heavy atom. The molecule has 1 unspecified atom stereocenters. The lowest BCUT2D eigenvalue weighted by atomic mass is 9.92. The Morgan fingerprint density at radius 1 is 1.26 bits per heavy atom. The number of rotatable bonds is 5. The molecule has 0 fully saturated rings. The molecule has 0 bridgehead atoms. The fourth-order valence-electron chi connectivity index (χ4n) is 2.06. The third-order valence-corrected chi connectivity index (χ3v) is 3.14. The summed E-state index contributed by atoms with van der Waals surface area (Å²) in [5, 5.41) is 9.33. The van der Waals surface area contributed by atoms with Gasteiger partial charge in [-0.1, -0.05) is 30.3 Å². The van der Waals surface area contributed by atoms with Crippen molar-refractivity contribution < 1.29 is 9.90 Å². The summed E-state index contributed by atoms with van der Waals surface area (Å²) >= 11 is 0. The molecule has 4 nitrogen and oxygen atoms in total. The van der Waals surface area contributed by atoms with Gasteiger partial charge in [-0.05, 0) is 30.0 Å². The Bertz CT molecular complexity index is 555. The van der Waals surface area contributed by atoms with Crippen LogP contribution in [-0.4, -0.2) is 16.1 Å². The monoisotopic (exact) mass is 256 g/mol. The summed E-state index contributed by atoms with van der Waals surface area (Å²) in [7, 11) is 0. The minimum Gasteiger partial charge on any atom is -0.481 e. The van der Waals surface area contributed by atoms with Crippen molar-refractivity contribution in [1.82, 2.24) is 4.98 Å². The van der Waals surface area contributed by atoms with E-state index in [1.165, 1.54) is 0 Å². The molecule has 0 aliphatic carbocycles. The van der Waals surface area contributed by atoms with Gasteiger partial charge in [0.05, 0.1) is 5.92 Å². The predicted molar refractivity (Wildman–Crippen MR) is 73.8 cm³/mol. The maximum absolute atomic E-state index is 11.4. The molecule has 2 rings (SSSR count). The zero-order chi connectivity index (χ0) is 13.7. The molecule has 1 heterocycles. The summed E-state index contributed by atoms with van der Waals surface area (Å²) in [5.41, 5.74) is 8.20. The first-order chi connectivity index (χ1) is 9.18. The van der Waals surface area contributed by atoms with E-state index in [4.69, 9.17) is 5.73 Å². The van der Waals surface area contributed by atoms with E-state index in [0.717, 1.165) is 11.1 Å². The third-order valence-electron chi connectivity index (χ3n) is 3.14. The van der Waals surface area contributed by atoms with Gasteiger partial charge in [0.25, 0.3) is 0 Å². The highest BCUT2D eigenvalue weighted by Crippen LogP contribution is 2.23. The molecule has 1 atom stereocenters. The highest BCUT2D eigenvalue weighted by molar-refractivity contribution is 5.76. The fraction of sp³-hybridized carbons (Fsp3) is 0.200. The maximum atomic E-state index is 11.4. The molecule has 0 saturated heterocycles. The van der Waals surface area contributed by atoms with Crippen molar-refractivity contribution in [3.63, 3.8) is 0 Å². The molecule has 98 valence electrons. The largest absolute Gasteiger partial charge is 0.481 e. The van der Waals surface area contributed by atoms with Gasteiger partial charge in [0.1, 0.15) is 0 Å². The van der Waals surface area contributed by atoms with Crippen LogP contribution in [0.5, 0.6) is 0 Å². The summed E-state index contributed by atoms with van der Waals surface area (Å²) in [5.74, 6) is -1.32. The molecule has 1 aromatic heterocycles.